The molecule has 1 atom stereocenters. The van der Waals surface area contributed by atoms with Gasteiger partial charge in [-0.15, -0.1) is 0 Å². The Hall–Kier alpha value is -2.22. The van der Waals surface area contributed by atoms with E-state index in [1.54, 1.807) is 0 Å². The molecule has 0 aromatic heterocycles. The van der Waals surface area contributed by atoms with Crippen LogP contribution in [-0.4, -0.2) is 61.4 Å². The molecule has 0 aromatic carbocycles. The first-order chi connectivity index (χ1) is 9.97. The van der Waals surface area contributed by atoms with Crippen LogP contribution in [-0.2, 0) is 23.9 Å². The summed E-state index contributed by atoms with van der Waals surface area (Å²) in [5.74, 6) is -1.63. The molecule has 0 fully saturated rings. The summed E-state index contributed by atoms with van der Waals surface area (Å²) in [6, 6.07) is -0.885. The van der Waals surface area contributed by atoms with Gasteiger partial charge in [0.05, 0.1) is 6.61 Å². The zero-order valence-corrected chi connectivity index (χ0v) is 12.0. The molecule has 1 unspecified atom stereocenters. The maximum absolute atomic E-state index is 11.8. The standard InChI is InChI=1S/C13H19N3O5.CH4/c1-9(16-11(18)3-4-12(16)19)13(20)15-7-6-14-10(17)5-8-21-2;/h3-4,9H,5-8H2,1-2H3,(H,14,17)(H,15,20);1H4. The fraction of sp³-hybridized carbons (Fsp3) is 0.571. The van der Waals surface area contributed by atoms with Crippen molar-refractivity contribution in [2.75, 3.05) is 26.8 Å². The lowest BCUT2D eigenvalue weighted by Crippen LogP contribution is -2.49. The second-order valence-electron chi connectivity index (χ2n) is 4.44. The molecule has 22 heavy (non-hydrogen) atoms. The van der Waals surface area contributed by atoms with Crippen LogP contribution in [0, 0.1) is 0 Å². The molecular formula is C14H23N3O5. The lowest BCUT2D eigenvalue weighted by Gasteiger charge is -2.21. The lowest BCUT2D eigenvalue weighted by molar-refractivity contribution is -0.144. The molecule has 8 nitrogen and oxygen atoms in total. The summed E-state index contributed by atoms with van der Waals surface area (Å²) in [4.78, 5) is 46.8. The van der Waals surface area contributed by atoms with Crippen LogP contribution >= 0.6 is 0 Å². The maximum Gasteiger partial charge on any atom is 0.254 e. The van der Waals surface area contributed by atoms with Crippen molar-refractivity contribution in [2.24, 2.45) is 0 Å². The van der Waals surface area contributed by atoms with Crippen molar-refractivity contribution in [3.63, 3.8) is 0 Å². The number of rotatable bonds is 8. The highest BCUT2D eigenvalue weighted by Crippen LogP contribution is 2.08. The van der Waals surface area contributed by atoms with Crippen molar-refractivity contribution in [1.82, 2.24) is 15.5 Å². The first kappa shape index (κ1) is 19.8. The molecule has 0 aromatic rings. The summed E-state index contributed by atoms with van der Waals surface area (Å²) in [5.41, 5.74) is 0. The van der Waals surface area contributed by atoms with Crippen LogP contribution in [0.5, 0.6) is 0 Å². The molecule has 0 saturated heterocycles. The van der Waals surface area contributed by atoms with Crippen molar-refractivity contribution in [3.8, 4) is 0 Å². The second-order valence-corrected chi connectivity index (χ2v) is 4.44. The summed E-state index contributed by atoms with van der Waals surface area (Å²) in [7, 11) is 1.50. The third-order valence-electron chi connectivity index (χ3n) is 2.89. The molecule has 0 spiro atoms. The Morgan fingerprint density at radius 1 is 1.18 bits per heavy atom. The van der Waals surface area contributed by atoms with Crippen molar-refractivity contribution in [3.05, 3.63) is 12.2 Å². The Bertz CT molecular complexity index is 443. The number of carbonyl (C=O) groups excluding carboxylic acids is 4. The monoisotopic (exact) mass is 313 g/mol. The minimum absolute atomic E-state index is 0. The van der Waals surface area contributed by atoms with Gasteiger partial charge in [0.1, 0.15) is 6.04 Å². The third kappa shape index (κ3) is 5.65. The molecule has 1 heterocycles. The van der Waals surface area contributed by atoms with E-state index in [-0.39, 0.29) is 32.8 Å². The van der Waals surface area contributed by atoms with E-state index >= 15 is 0 Å². The van der Waals surface area contributed by atoms with Crippen LogP contribution < -0.4 is 10.6 Å². The maximum atomic E-state index is 11.8. The van der Waals surface area contributed by atoms with E-state index in [9.17, 15) is 19.2 Å². The number of nitrogens with one attached hydrogen (secondary N) is 2. The molecule has 124 valence electrons. The Morgan fingerprint density at radius 3 is 2.27 bits per heavy atom. The number of hydrogen-bond acceptors (Lipinski definition) is 5. The first-order valence-corrected chi connectivity index (χ1v) is 6.56. The molecule has 1 rings (SSSR count). The number of ether oxygens (including phenoxy) is 1. The highest BCUT2D eigenvalue weighted by atomic mass is 16.5. The van der Waals surface area contributed by atoms with E-state index in [2.05, 4.69) is 10.6 Å². The number of nitrogens with zero attached hydrogens (tertiary/aromatic N) is 1. The van der Waals surface area contributed by atoms with Crippen LogP contribution in [0.3, 0.4) is 0 Å². The minimum atomic E-state index is -0.885. The van der Waals surface area contributed by atoms with Crippen molar-refractivity contribution >= 4 is 23.6 Å². The lowest BCUT2D eigenvalue weighted by atomic mass is 10.2. The smallest absolute Gasteiger partial charge is 0.254 e. The van der Waals surface area contributed by atoms with E-state index in [4.69, 9.17) is 4.74 Å². The quantitative estimate of drug-likeness (QED) is 0.451. The molecule has 0 aliphatic carbocycles. The molecule has 2 N–H and O–H groups in total. The van der Waals surface area contributed by atoms with Crippen LogP contribution in [0.4, 0.5) is 0 Å². The number of carbonyl (C=O) groups is 4. The van der Waals surface area contributed by atoms with Crippen LogP contribution in [0.1, 0.15) is 20.8 Å². The molecular weight excluding hydrogens is 290 g/mol. The average molecular weight is 313 g/mol. The number of hydrogen-bond donors (Lipinski definition) is 2. The predicted octanol–water partition coefficient (Wildman–Crippen LogP) is -0.795. The van der Waals surface area contributed by atoms with Gasteiger partial charge in [0.25, 0.3) is 11.8 Å². The Morgan fingerprint density at radius 2 is 1.73 bits per heavy atom. The zero-order chi connectivity index (χ0) is 15.8. The van der Waals surface area contributed by atoms with Gasteiger partial charge in [-0.1, -0.05) is 7.43 Å². The summed E-state index contributed by atoms with van der Waals surface area (Å²) in [5, 5.41) is 5.16. The highest BCUT2D eigenvalue weighted by molar-refractivity contribution is 6.15. The van der Waals surface area contributed by atoms with Gasteiger partial charge in [0, 0.05) is 38.8 Å². The summed E-state index contributed by atoms with van der Waals surface area (Å²) in [6.07, 6.45) is 2.51. The van der Waals surface area contributed by atoms with Crippen molar-refractivity contribution in [2.45, 2.75) is 26.8 Å². The highest BCUT2D eigenvalue weighted by Gasteiger charge is 2.32. The normalized spacial score (nSPS) is 14.5. The van der Waals surface area contributed by atoms with Crippen molar-refractivity contribution in [1.29, 1.82) is 0 Å². The SMILES string of the molecule is C.COCCC(=O)NCCNC(=O)C(C)N1C(=O)C=CC1=O. The van der Waals surface area contributed by atoms with E-state index in [0.717, 1.165) is 17.1 Å². The molecule has 1 aliphatic heterocycles. The van der Waals surface area contributed by atoms with Gasteiger partial charge in [-0.05, 0) is 6.92 Å². The zero-order valence-electron chi connectivity index (χ0n) is 12.0. The van der Waals surface area contributed by atoms with Gasteiger partial charge in [-0.3, -0.25) is 24.1 Å². The van der Waals surface area contributed by atoms with Gasteiger partial charge >= 0.3 is 0 Å². The van der Waals surface area contributed by atoms with E-state index in [1.165, 1.54) is 14.0 Å². The fourth-order valence-corrected chi connectivity index (χ4v) is 1.73. The molecule has 4 amide bonds. The van der Waals surface area contributed by atoms with E-state index < -0.39 is 23.8 Å². The van der Waals surface area contributed by atoms with Crippen molar-refractivity contribution < 1.29 is 23.9 Å². The first-order valence-electron chi connectivity index (χ1n) is 6.56. The van der Waals surface area contributed by atoms with Gasteiger partial charge < -0.3 is 15.4 Å². The number of methoxy groups -OCH3 is 1. The number of amides is 4. The Kier molecular flexibility index (Phi) is 8.69. The summed E-state index contributed by atoms with van der Waals surface area (Å²) in [6.45, 7) is 2.28. The van der Waals surface area contributed by atoms with E-state index in [1.807, 2.05) is 0 Å². The number of imide groups is 1. The molecule has 0 radical (unpaired) electrons. The minimum Gasteiger partial charge on any atom is -0.384 e. The molecule has 0 bridgehead atoms. The fourth-order valence-electron chi connectivity index (χ4n) is 1.73. The van der Waals surface area contributed by atoms with Gasteiger partial charge in [0.15, 0.2) is 0 Å². The van der Waals surface area contributed by atoms with Gasteiger partial charge in [0.2, 0.25) is 11.8 Å². The Labute approximate surface area is 129 Å². The van der Waals surface area contributed by atoms with Crippen LogP contribution in [0.15, 0.2) is 12.2 Å². The molecule has 1 aliphatic rings. The topological polar surface area (TPSA) is 105 Å². The van der Waals surface area contributed by atoms with Crippen LogP contribution in [0.2, 0.25) is 0 Å². The molecule has 0 saturated carbocycles. The third-order valence-corrected chi connectivity index (χ3v) is 2.89. The average Bonchev–Trinajstić information content (AvgIpc) is 2.79. The molecule has 8 heteroatoms. The summed E-state index contributed by atoms with van der Waals surface area (Å²) < 4.78 is 4.76. The Balaban J connectivity index is 0.00000441. The van der Waals surface area contributed by atoms with Gasteiger partial charge in [-0.2, -0.15) is 0 Å². The van der Waals surface area contributed by atoms with Gasteiger partial charge in [-0.25, -0.2) is 0 Å². The largest absolute Gasteiger partial charge is 0.384 e. The summed E-state index contributed by atoms with van der Waals surface area (Å²) >= 11 is 0. The second kappa shape index (κ2) is 9.67. The predicted molar refractivity (Wildman–Crippen MR) is 79.7 cm³/mol. The van der Waals surface area contributed by atoms with E-state index in [0.29, 0.717) is 6.61 Å². The van der Waals surface area contributed by atoms with Crippen LogP contribution in [0.25, 0.3) is 0 Å².